The van der Waals surface area contributed by atoms with Crippen molar-refractivity contribution in [3.63, 3.8) is 0 Å². The number of aryl methyl sites for hydroxylation is 2. The van der Waals surface area contributed by atoms with E-state index in [1.807, 2.05) is 45.3 Å². The molecule has 1 amide bonds. The number of para-hydroxylation sites is 1. The molecule has 0 unspecified atom stereocenters. The van der Waals surface area contributed by atoms with Crippen molar-refractivity contribution in [1.82, 2.24) is 15.1 Å². The zero-order valence-electron chi connectivity index (χ0n) is 12.1. The lowest BCUT2D eigenvalue weighted by atomic mass is 10.1. The van der Waals surface area contributed by atoms with Crippen LogP contribution in [0.15, 0.2) is 30.5 Å². The molecule has 5 nitrogen and oxygen atoms in total. The van der Waals surface area contributed by atoms with E-state index in [0.29, 0.717) is 12.1 Å². The van der Waals surface area contributed by atoms with Crippen molar-refractivity contribution >= 4 is 11.6 Å². The fraction of sp³-hybridized carbons (Fsp3) is 0.333. The molecule has 1 aromatic heterocycles. The summed E-state index contributed by atoms with van der Waals surface area (Å²) in [7, 11) is 3.71. The largest absolute Gasteiger partial charge is 0.322 e. The number of amides is 1. The molecule has 0 bridgehead atoms. The number of hydrogen-bond acceptors (Lipinski definition) is 3. The van der Waals surface area contributed by atoms with Crippen LogP contribution in [-0.2, 0) is 20.0 Å². The van der Waals surface area contributed by atoms with Gasteiger partial charge in [0.05, 0.1) is 11.3 Å². The van der Waals surface area contributed by atoms with Gasteiger partial charge >= 0.3 is 0 Å². The minimum absolute atomic E-state index is 0.112. The number of carbonyl (C=O) groups is 1. The highest BCUT2D eigenvalue weighted by atomic mass is 16.1. The number of carbonyl (C=O) groups excluding carboxylic acids is 1. The van der Waals surface area contributed by atoms with Crippen molar-refractivity contribution < 1.29 is 4.79 Å². The molecule has 2 N–H and O–H groups in total. The summed E-state index contributed by atoms with van der Waals surface area (Å²) in [5.41, 5.74) is 3.34. The number of hydrogen-bond donors (Lipinski definition) is 2. The van der Waals surface area contributed by atoms with Gasteiger partial charge in [-0.25, -0.2) is 0 Å². The highest BCUT2D eigenvalue weighted by molar-refractivity contribution is 6.05. The molecule has 20 heavy (non-hydrogen) atoms. The van der Waals surface area contributed by atoms with Crippen LogP contribution in [0.1, 0.15) is 28.5 Å². The Morgan fingerprint density at radius 2 is 2.10 bits per heavy atom. The summed E-state index contributed by atoms with van der Waals surface area (Å²) in [4.78, 5) is 12.4. The van der Waals surface area contributed by atoms with E-state index in [-0.39, 0.29) is 5.91 Å². The van der Waals surface area contributed by atoms with Crippen molar-refractivity contribution in [2.24, 2.45) is 7.05 Å². The van der Waals surface area contributed by atoms with E-state index in [1.54, 1.807) is 10.9 Å². The van der Waals surface area contributed by atoms with E-state index in [0.717, 1.165) is 23.4 Å². The number of aromatic nitrogens is 2. The zero-order valence-corrected chi connectivity index (χ0v) is 12.1. The maximum absolute atomic E-state index is 12.4. The zero-order chi connectivity index (χ0) is 14.5. The van der Waals surface area contributed by atoms with E-state index in [1.165, 1.54) is 0 Å². The minimum atomic E-state index is -0.112. The molecule has 0 saturated heterocycles. The molecule has 1 heterocycles. The quantitative estimate of drug-likeness (QED) is 0.874. The SMILES string of the molecule is CCc1nn(C)cc1C(=O)Nc1ccccc1CNC. The van der Waals surface area contributed by atoms with Crippen molar-refractivity contribution in [2.45, 2.75) is 19.9 Å². The molecule has 0 radical (unpaired) electrons. The molecule has 1 aromatic carbocycles. The van der Waals surface area contributed by atoms with Gasteiger partial charge in [-0.05, 0) is 25.1 Å². The van der Waals surface area contributed by atoms with Crippen LogP contribution in [0.4, 0.5) is 5.69 Å². The van der Waals surface area contributed by atoms with Gasteiger partial charge in [0.1, 0.15) is 0 Å². The third kappa shape index (κ3) is 3.05. The Labute approximate surface area is 119 Å². The summed E-state index contributed by atoms with van der Waals surface area (Å²) in [5.74, 6) is -0.112. The molecular weight excluding hydrogens is 252 g/mol. The Morgan fingerprint density at radius 1 is 1.35 bits per heavy atom. The van der Waals surface area contributed by atoms with Gasteiger partial charge in [0.2, 0.25) is 0 Å². The van der Waals surface area contributed by atoms with E-state index in [4.69, 9.17) is 0 Å². The molecular formula is C15H20N4O. The van der Waals surface area contributed by atoms with Crippen LogP contribution >= 0.6 is 0 Å². The highest BCUT2D eigenvalue weighted by Gasteiger charge is 2.15. The van der Waals surface area contributed by atoms with E-state index in [2.05, 4.69) is 15.7 Å². The third-order valence-corrected chi connectivity index (χ3v) is 3.12. The predicted octanol–water partition coefficient (Wildman–Crippen LogP) is 1.95. The van der Waals surface area contributed by atoms with E-state index in [9.17, 15) is 4.79 Å². The van der Waals surface area contributed by atoms with Gasteiger partial charge < -0.3 is 10.6 Å². The van der Waals surface area contributed by atoms with Gasteiger partial charge in [-0.2, -0.15) is 5.10 Å². The maximum atomic E-state index is 12.4. The third-order valence-electron chi connectivity index (χ3n) is 3.12. The number of nitrogens with zero attached hydrogens (tertiary/aromatic N) is 2. The van der Waals surface area contributed by atoms with Crippen LogP contribution in [0.5, 0.6) is 0 Å². The highest BCUT2D eigenvalue weighted by Crippen LogP contribution is 2.17. The molecule has 0 atom stereocenters. The molecule has 106 valence electrons. The van der Waals surface area contributed by atoms with Gasteiger partial charge in [-0.1, -0.05) is 25.1 Å². The molecule has 0 saturated carbocycles. The molecule has 2 aromatic rings. The van der Waals surface area contributed by atoms with Gasteiger partial charge in [-0.15, -0.1) is 0 Å². The summed E-state index contributed by atoms with van der Waals surface area (Å²) >= 11 is 0. The Bertz CT molecular complexity index is 604. The fourth-order valence-corrected chi connectivity index (χ4v) is 2.16. The molecule has 0 aliphatic rings. The lowest BCUT2D eigenvalue weighted by Crippen LogP contribution is -2.16. The maximum Gasteiger partial charge on any atom is 0.259 e. The monoisotopic (exact) mass is 272 g/mol. The minimum Gasteiger partial charge on any atom is -0.322 e. The first-order chi connectivity index (χ1) is 9.65. The topological polar surface area (TPSA) is 59.0 Å². The number of benzene rings is 1. The van der Waals surface area contributed by atoms with Gasteiger partial charge in [0.25, 0.3) is 5.91 Å². The van der Waals surface area contributed by atoms with Crippen LogP contribution in [0.25, 0.3) is 0 Å². The summed E-state index contributed by atoms with van der Waals surface area (Å²) in [6.45, 7) is 2.71. The Morgan fingerprint density at radius 3 is 2.80 bits per heavy atom. The fourth-order valence-electron chi connectivity index (χ4n) is 2.16. The first kappa shape index (κ1) is 14.3. The van der Waals surface area contributed by atoms with Crippen LogP contribution in [0, 0.1) is 0 Å². The Kier molecular flexibility index (Phi) is 4.53. The van der Waals surface area contributed by atoms with Crippen molar-refractivity contribution in [3.05, 3.63) is 47.3 Å². The summed E-state index contributed by atoms with van der Waals surface area (Å²) < 4.78 is 1.67. The van der Waals surface area contributed by atoms with Crippen LogP contribution in [0.2, 0.25) is 0 Å². The molecule has 5 heteroatoms. The molecule has 2 rings (SSSR count). The summed E-state index contributed by atoms with van der Waals surface area (Å²) in [6, 6.07) is 7.78. The normalized spacial score (nSPS) is 10.6. The first-order valence-electron chi connectivity index (χ1n) is 6.72. The molecule has 0 aliphatic carbocycles. The van der Waals surface area contributed by atoms with Crippen molar-refractivity contribution in [2.75, 3.05) is 12.4 Å². The average Bonchev–Trinajstić information content (AvgIpc) is 2.82. The summed E-state index contributed by atoms with van der Waals surface area (Å²) in [5, 5.41) is 10.4. The second-order valence-corrected chi connectivity index (χ2v) is 4.66. The second-order valence-electron chi connectivity index (χ2n) is 4.66. The Hall–Kier alpha value is -2.14. The van der Waals surface area contributed by atoms with Crippen LogP contribution in [-0.4, -0.2) is 22.7 Å². The lowest BCUT2D eigenvalue weighted by molar-refractivity contribution is 0.102. The van der Waals surface area contributed by atoms with Crippen molar-refractivity contribution in [3.8, 4) is 0 Å². The van der Waals surface area contributed by atoms with Crippen LogP contribution < -0.4 is 10.6 Å². The van der Waals surface area contributed by atoms with Gasteiger partial charge in [-0.3, -0.25) is 9.48 Å². The number of rotatable bonds is 5. The summed E-state index contributed by atoms with van der Waals surface area (Å²) in [6.07, 6.45) is 2.50. The van der Waals surface area contributed by atoms with Crippen molar-refractivity contribution in [1.29, 1.82) is 0 Å². The molecule has 0 fully saturated rings. The molecule has 0 spiro atoms. The average molecular weight is 272 g/mol. The number of anilines is 1. The van der Waals surface area contributed by atoms with E-state index >= 15 is 0 Å². The second kappa shape index (κ2) is 6.34. The van der Waals surface area contributed by atoms with Crippen LogP contribution in [0.3, 0.4) is 0 Å². The predicted molar refractivity (Wildman–Crippen MR) is 79.7 cm³/mol. The van der Waals surface area contributed by atoms with Gasteiger partial charge in [0, 0.05) is 25.5 Å². The standard InChI is InChI=1S/C15H20N4O/c1-4-13-12(10-19(3)18-13)15(20)17-14-8-6-5-7-11(14)9-16-2/h5-8,10,16H,4,9H2,1-3H3,(H,17,20). The first-order valence-corrected chi connectivity index (χ1v) is 6.72. The molecule has 0 aliphatic heterocycles. The smallest absolute Gasteiger partial charge is 0.259 e. The van der Waals surface area contributed by atoms with Gasteiger partial charge in [0.15, 0.2) is 0 Å². The Balaban J connectivity index is 2.23. The lowest BCUT2D eigenvalue weighted by Gasteiger charge is -2.10. The number of nitrogens with one attached hydrogen (secondary N) is 2. The van der Waals surface area contributed by atoms with E-state index < -0.39 is 0 Å².